The van der Waals surface area contributed by atoms with Crippen molar-refractivity contribution in [2.75, 3.05) is 78.9 Å². The highest BCUT2D eigenvalue weighted by Crippen LogP contribution is 2.20. The standard InChI is InChI=1S/C30H42N8S2/c1-36(2)28-15-11-26(12-16-28)33-32-20-8-5-7-19-31-21-24-39-40-25-23-38-22-9-6-10-30(38)35-34-27-13-17-29(18-14-27)37(3)4/h5-19,22,31-34H,20-21,23-25H2,1-4H3/p+1/b8-5-,19-7-. The van der Waals surface area contributed by atoms with Crippen molar-refractivity contribution in [2.45, 2.75) is 6.54 Å². The maximum atomic E-state index is 3.34. The Labute approximate surface area is 247 Å². The van der Waals surface area contributed by atoms with E-state index in [1.807, 2.05) is 74.2 Å². The zero-order valence-corrected chi connectivity index (χ0v) is 25.6. The maximum absolute atomic E-state index is 3.34. The summed E-state index contributed by atoms with van der Waals surface area (Å²) in [6.45, 7) is 2.61. The van der Waals surface area contributed by atoms with Crippen LogP contribution >= 0.6 is 21.6 Å². The van der Waals surface area contributed by atoms with Crippen LogP contribution in [0.3, 0.4) is 0 Å². The van der Waals surface area contributed by atoms with Gasteiger partial charge in [0.05, 0.1) is 11.9 Å². The fourth-order valence-corrected chi connectivity index (χ4v) is 5.42. The molecule has 0 amide bonds. The van der Waals surface area contributed by atoms with E-state index in [9.17, 15) is 0 Å². The highest BCUT2D eigenvalue weighted by Gasteiger charge is 2.08. The Hall–Kier alpha value is -3.47. The highest BCUT2D eigenvalue weighted by atomic mass is 33.1. The van der Waals surface area contributed by atoms with Crippen molar-refractivity contribution < 1.29 is 4.57 Å². The number of hydrazine groups is 2. The Morgan fingerprint density at radius 3 is 2.05 bits per heavy atom. The molecule has 10 heteroatoms. The van der Waals surface area contributed by atoms with Gasteiger partial charge in [-0.2, -0.15) is 5.43 Å². The summed E-state index contributed by atoms with van der Waals surface area (Å²) in [5.74, 6) is 3.12. The molecule has 0 unspecified atom stereocenters. The average Bonchev–Trinajstić information content (AvgIpc) is 2.97. The topological polar surface area (TPSA) is 70.5 Å². The van der Waals surface area contributed by atoms with E-state index in [0.29, 0.717) is 0 Å². The molecule has 40 heavy (non-hydrogen) atoms. The molecule has 5 N–H and O–H groups in total. The van der Waals surface area contributed by atoms with Crippen molar-refractivity contribution in [1.82, 2.24) is 10.7 Å². The number of benzene rings is 2. The van der Waals surface area contributed by atoms with Crippen molar-refractivity contribution in [2.24, 2.45) is 0 Å². The number of nitrogens with one attached hydrogen (secondary N) is 5. The average molecular weight is 580 g/mol. The summed E-state index contributed by atoms with van der Waals surface area (Å²) in [4.78, 5) is 4.18. The summed E-state index contributed by atoms with van der Waals surface area (Å²) < 4.78 is 2.23. The van der Waals surface area contributed by atoms with E-state index in [2.05, 4.69) is 114 Å². The number of aryl methyl sites for hydroxylation is 1. The van der Waals surface area contributed by atoms with E-state index < -0.39 is 0 Å². The number of nitrogens with zero attached hydrogens (tertiary/aromatic N) is 3. The van der Waals surface area contributed by atoms with E-state index >= 15 is 0 Å². The molecule has 0 fully saturated rings. The van der Waals surface area contributed by atoms with Crippen molar-refractivity contribution >= 4 is 50.2 Å². The van der Waals surface area contributed by atoms with Gasteiger partial charge in [-0.25, -0.2) is 15.4 Å². The normalized spacial score (nSPS) is 11.1. The second-order valence-corrected chi connectivity index (χ2v) is 12.0. The van der Waals surface area contributed by atoms with Crippen LogP contribution in [0.5, 0.6) is 0 Å². The molecular weight excluding hydrogens is 537 g/mol. The van der Waals surface area contributed by atoms with Gasteiger partial charge in [-0.05, 0) is 66.9 Å². The predicted molar refractivity (Wildman–Crippen MR) is 178 cm³/mol. The van der Waals surface area contributed by atoms with Gasteiger partial charge < -0.3 is 20.5 Å². The smallest absolute Gasteiger partial charge is 0.297 e. The Morgan fingerprint density at radius 2 is 1.38 bits per heavy atom. The lowest BCUT2D eigenvalue weighted by molar-refractivity contribution is -0.678. The predicted octanol–water partition coefficient (Wildman–Crippen LogP) is 5.20. The van der Waals surface area contributed by atoms with Gasteiger partial charge in [0.2, 0.25) is 0 Å². The van der Waals surface area contributed by atoms with Crippen LogP contribution in [0.1, 0.15) is 0 Å². The molecule has 0 aliphatic carbocycles. The molecule has 214 valence electrons. The number of allylic oxidation sites excluding steroid dienone is 2. The molecule has 3 rings (SSSR count). The molecule has 8 nitrogen and oxygen atoms in total. The van der Waals surface area contributed by atoms with Gasteiger partial charge in [0.15, 0.2) is 0 Å². The Balaban J connectivity index is 1.21. The fraction of sp³-hybridized carbons (Fsp3) is 0.300. The number of rotatable bonds is 18. The first-order valence-corrected chi connectivity index (χ1v) is 15.9. The lowest BCUT2D eigenvalue weighted by Gasteiger charge is -2.13. The molecule has 1 aromatic heterocycles. The van der Waals surface area contributed by atoms with Crippen LogP contribution < -0.4 is 41.4 Å². The first kappa shape index (κ1) is 31.1. The Morgan fingerprint density at radius 1 is 0.725 bits per heavy atom. The second-order valence-electron chi connectivity index (χ2n) is 9.30. The van der Waals surface area contributed by atoms with Crippen LogP contribution in [-0.4, -0.2) is 52.8 Å². The zero-order valence-electron chi connectivity index (χ0n) is 23.9. The molecule has 0 aliphatic rings. The molecule has 0 radical (unpaired) electrons. The van der Waals surface area contributed by atoms with Crippen molar-refractivity contribution in [1.29, 1.82) is 0 Å². The molecule has 0 bridgehead atoms. The van der Waals surface area contributed by atoms with E-state index in [1.165, 1.54) is 11.4 Å². The summed E-state index contributed by atoms with van der Waals surface area (Å²) in [5, 5.41) is 3.34. The van der Waals surface area contributed by atoms with Crippen molar-refractivity contribution in [3.63, 3.8) is 0 Å². The van der Waals surface area contributed by atoms with Crippen LogP contribution in [0.4, 0.5) is 28.6 Å². The van der Waals surface area contributed by atoms with E-state index in [-0.39, 0.29) is 0 Å². The number of anilines is 5. The summed E-state index contributed by atoms with van der Waals surface area (Å²) in [5.41, 5.74) is 17.5. The summed E-state index contributed by atoms with van der Waals surface area (Å²) in [6.07, 6.45) is 10.2. The summed E-state index contributed by atoms with van der Waals surface area (Å²) in [7, 11) is 12.0. The minimum atomic E-state index is 0.739. The molecule has 0 saturated heterocycles. The van der Waals surface area contributed by atoms with Gasteiger partial charge in [0.25, 0.3) is 5.82 Å². The van der Waals surface area contributed by atoms with Gasteiger partial charge in [0.1, 0.15) is 6.54 Å². The minimum Gasteiger partial charge on any atom is -0.390 e. The molecule has 3 aromatic rings. The van der Waals surface area contributed by atoms with Crippen molar-refractivity contribution in [3.8, 4) is 0 Å². The Bertz CT molecular complexity index is 1170. The molecular formula is C30H43N8S2+. The largest absolute Gasteiger partial charge is 0.390 e. The van der Waals surface area contributed by atoms with E-state index in [4.69, 9.17) is 0 Å². The fourth-order valence-electron chi connectivity index (χ4n) is 3.53. The lowest BCUT2D eigenvalue weighted by Crippen LogP contribution is -2.38. The quantitative estimate of drug-likeness (QED) is 0.0460. The third-order valence-corrected chi connectivity index (χ3v) is 8.17. The molecule has 0 atom stereocenters. The number of hydrogen-bond acceptors (Lipinski definition) is 9. The number of hydrogen-bond donors (Lipinski definition) is 5. The van der Waals surface area contributed by atoms with Gasteiger partial charge in [-0.1, -0.05) is 39.8 Å². The van der Waals surface area contributed by atoms with Crippen LogP contribution in [0.15, 0.2) is 97.4 Å². The lowest BCUT2D eigenvalue weighted by atomic mass is 10.3. The second kappa shape index (κ2) is 18.0. The van der Waals surface area contributed by atoms with Crippen LogP contribution in [-0.2, 0) is 6.54 Å². The number of aromatic nitrogens is 1. The molecule has 2 aromatic carbocycles. The first-order chi connectivity index (χ1) is 19.5. The minimum absolute atomic E-state index is 0.739. The molecule has 0 aliphatic heterocycles. The zero-order chi connectivity index (χ0) is 28.4. The van der Waals surface area contributed by atoms with Gasteiger partial charge in [-0.15, -0.1) is 0 Å². The maximum Gasteiger partial charge on any atom is 0.297 e. The summed E-state index contributed by atoms with van der Waals surface area (Å²) in [6, 6.07) is 22.8. The van der Waals surface area contributed by atoms with Crippen LogP contribution in [0.2, 0.25) is 0 Å². The van der Waals surface area contributed by atoms with Crippen molar-refractivity contribution in [3.05, 3.63) is 97.4 Å². The molecule has 1 heterocycles. The highest BCUT2D eigenvalue weighted by molar-refractivity contribution is 8.76. The molecule has 0 spiro atoms. The van der Waals surface area contributed by atoms with E-state index in [0.717, 1.165) is 48.3 Å². The number of pyridine rings is 1. The third kappa shape index (κ3) is 11.7. The van der Waals surface area contributed by atoms with Crippen LogP contribution in [0, 0.1) is 0 Å². The van der Waals surface area contributed by atoms with Gasteiger partial charge in [0, 0.05) is 75.9 Å². The molecule has 0 saturated carbocycles. The van der Waals surface area contributed by atoms with Gasteiger partial charge in [-0.3, -0.25) is 0 Å². The van der Waals surface area contributed by atoms with Gasteiger partial charge >= 0.3 is 0 Å². The van der Waals surface area contributed by atoms with E-state index in [1.54, 1.807) is 0 Å². The SMILES string of the molecule is CN(C)c1ccc(NNC/C=C\C=C/NCCSSCC[n+]2ccccc2NNc2ccc(N(C)C)cc2)cc1. The Kier molecular flexibility index (Phi) is 14.0. The van der Waals surface area contributed by atoms with Crippen LogP contribution in [0.25, 0.3) is 0 Å². The first-order valence-electron chi connectivity index (χ1n) is 13.4. The summed E-state index contributed by atoms with van der Waals surface area (Å²) >= 11 is 0. The monoisotopic (exact) mass is 579 g/mol. The third-order valence-electron chi connectivity index (χ3n) is 5.79.